The molecule has 3 heterocycles. The zero-order valence-corrected chi connectivity index (χ0v) is 7.14. The highest BCUT2D eigenvalue weighted by Gasteiger charge is 2.03. The van der Waals surface area contributed by atoms with Crippen LogP contribution >= 0.6 is 0 Å². The first-order valence-corrected chi connectivity index (χ1v) is 4.15. The number of nitrogens with one attached hydrogen (secondary N) is 1. The van der Waals surface area contributed by atoms with Crippen LogP contribution in [0.3, 0.4) is 0 Å². The van der Waals surface area contributed by atoms with Crippen molar-refractivity contribution in [1.82, 2.24) is 19.4 Å². The van der Waals surface area contributed by atoms with Crippen molar-refractivity contribution in [3.8, 4) is 0 Å². The van der Waals surface area contributed by atoms with Crippen molar-refractivity contribution < 1.29 is 0 Å². The maximum absolute atomic E-state index is 11.5. The molecule has 0 saturated carbocycles. The summed E-state index contributed by atoms with van der Waals surface area (Å²) in [5, 5.41) is 0. The van der Waals surface area contributed by atoms with Gasteiger partial charge in [0, 0.05) is 6.20 Å². The second kappa shape index (κ2) is 2.41. The van der Waals surface area contributed by atoms with Crippen LogP contribution in [-0.2, 0) is 0 Å². The van der Waals surface area contributed by atoms with Crippen LogP contribution in [0.15, 0.2) is 35.6 Å². The molecule has 0 fully saturated rings. The van der Waals surface area contributed by atoms with Crippen LogP contribution in [0.4, 0.5) is 0 Å². The van der Waals surface area contributed by atoms with Crippen LogP contribution in [-0.4, -0.2) is 19.4 Å². The largest absolute Gasteiger partial charge is 0.303 e. The molecule has 0 amide bonds. The Bertz CT molecular complexity index is 667. The number of aromatic nitrogens is 4. The van der Waals surface area contributed by atoms with E-state index in [2.05, 4.69) is 15.0 Å². The number of imidazole rings is 1. The lowest BCUT2D eigenvalue weighted by Crippen LogP contribution is -2.09. The van der Waals surface area contributed by atoms with E-state index in [1.54, 1.807) is 16.9 Å². The molecule has 0 aliphatic heterocycles. The van der Waals surface area contributed by atoms with Crippen molar-refractivity contribution in [2.75, 3.05) is 0 Å². The predicted octanol–water partition coefficient (Wildman–Crippen LogP) is 0.571. The average molecular weight is 186 g/mol. The number of hydrogen-bond acceptors (Lipinski definition) is 3. The van der Waals surface area contributed by atoms with E-state index in [0.717, 1.165) is 5.52 Å². The Morgan fingerprint density at radius 2 is 2.29 bits per heavy atom. The molecule has 5 nitrogen and oxygen atoms in total. The maximum Gasteiger partial charge on any atom is 0.275 e. The summed E-state index contributed by atoms with van der Waals surface area (Å²) in [7, 11) is 0. The summed E-state index contributed by atoms with van der Waals surface area (Å²) >= 11 is 0. The number of rotatable bonds is 0. The van der Waals surface area contributed by atoms with Gasteiger partial charge in [-0.25, -0.2) is 9.97 Å². The van der Waals surface area contributed by atoms with E-state index in [9.17, 15) is 4.79 Å². The molecule has 0 aromatic carbocycles. The molecule has 0 aliphatic carbocycles. The maximum atomic E-state index is 11.5. The summed E-state index contributed by atoms with van der Waals surface area (Å²) < 4.78 is 1.72. The highest BCUT2D eigenvalue weighted by Crippen LogP contribution is 2.07. The minimum atomic E-state index is -0.172. The Morgan fingerprint density at radius 3 is 3.21 bits per heavy atom. The Balaban J connectivity index is 2.73. The molecule has 3 aromatic heterocycles. The lowest BCUT2D eigenvalue weighted by molar-refractivity contribution is 1.13. The van der Waals surface area contributed by atoms with E-state index in [1.165, 1.54) is 6.20 Å². The number of aromatic amines is 1. The van der Waals surface area contributed by atoms with Crippen LogP contribution in [0, 0.1) is 0 Å². The van der Waals surface area contributed by atoms with E-state index in [4.69, 9.17) is 0 Å². The normalized spacial score (nSPS) is 11.1. The van der Waals surface area contributed by atoms with E-state index in [0.29, 0.717) is 11.2 Å². The van der Waals surface area contributed by atoms with Crippen molar-refractivity contribution in [1.29, 1.82) is 0 Å². The van der Waals surface area contributed by atoms with Crippen molar-refractivity contribution in [3.05, 3.63) is 41.2 Å². The number of nitrogens with zero attached hydrogens (tertiary/aromatic N) is 3. The Morgan fingerprint density at radius 1 is 1.36 bits per heavy atom. The highest BCUT2D eigenvalue weighted by molar-refractivity contribution is 5.73. The van der Waals surface area contributed by atoms with Gasteiger partial charge in [-0.3, -0.25) is 9.20 Å². The average Bonchev–Trinajstić information content (AvgIpc) is 2.67. The number of pyridine rings is 1. The zero-order valence-electron chi connectivity index (χ0n) is 7.14. The van der Waals surface area contributed by atoms with E-state index >= 15 is 0 Å². The highest BCUT2D eigenvalue weighted by atomic mass is 16.1. The summed E-state index contributed by atoms with van der Waals surface area (Å²) in [5.41, 5.74) is 1.78. The van der Waals surface area contributed by atoms with Gasteiger partial charge in [-0.05, 0) is 12.1 Å². The number of hydrogen-bond donors (Lipinski definition) is 1. The second-order valence-electron chi connectivity index (χ2n) is 2.97. The third-order valence-corrected chi connectivity index (χ3v) is 2.15. The fourth-order valence-corrected chi connectivity index (χ4v) is 1.51. The number of H-pyrrole nitrogens is 1. The Hall–Kier alpha value is -2.17. The van der Waals surface area contributed by atoms with Crippen LogP contribution in [0.2, 0.25) is 0 Å². The molecular weight excluding hydrogens is 180 g/mol. The first-order valence-electron chi connectivity index (χ1n) is 4.15. The Kier molecular flexibility index (Phi) is 1.25. The molecule has 14 heavy (non-hydrogen) atoms. The molecule has 0 bridgehead atoms. The van der Waals surface area contributed by atoms with Crippen LogP contribution in [0.25, 0.3) is 16.7 Å². The van der Waals surface area contributed by atoms with Gasteiger partial charge in [0.25, 0.3) is 5.56 Å². The van der Waals surface area contributed by atoms with Crippen molar-refractivity contribution in [3.63, 3.8) is 0 Å². The van der Waals surface area contributed by atoms with Gasteiger partial charge in [-0.1, -0.05) is 0 Å². The third-order valence-electron chi connectivity index (χ3n) is 2.15. The van der Waals surface area contributed by atoms with E-state index < -0.39 is 0 Å². The minimum absolute atomic E-state index is 0.172. The predicted molar refractivity (Wildman–Crippen MR) is 51.1 cm³/mol. The van der Waals surface area contributed by atoms with Crippen LogP contribution < -0.4 is 5.56 Å². The van der Waals surface area contributed by atoms with Crippen molar-refractivity contribution >= 4 is 16.7 Å². The van der Waals surface area contributed by atoms with Crippen molar-refractivity contribution in [2.45, 2.75) is 0 Å². The van der Waals surface area contributed by atoms with Gasteiger partial charge in [-0.15, -0.1) is 0 Å². The molecule has 0 spiro atoms. The third kappa shape index (κ3) is 0.806. The van der Waals surface area contributed by atoms with Gasteiger partial charge in [-0.2, -0.15) is 0 Å². The van der Waals surface area contributed by atoms with Gasteiger partial charge < -0.3 is 4.98 Å². The minimum Gasteiger partial charge on any atom is -0.303 e. The Labute approximate surface area is 78.1 Å². The molecule has 68 valence electrons. The van der Waals surface area contributed by atoms with E-state index in [1.807, 2.05) is 12.1 Å². The smallest absolute Gasteiger partial charge is 0.275 e. The monoisotopic (exact) mass is 186 g/mol. The quantitative estimate of drug-likeness (QED) is 0.558. The summed E-state index contributed by atoms with van der Waals surface area (Å²) in [6.07, 6.45) is 4.78. The molecule has 0 atom stereocenters. The first kappa shape index (κ1) is 7.25. The molecule has 5 heteroatoms. The summed E-state index contributed by atoms with van der Waals surface area (Å²) in [6.45, 7) is 0. The second-order valence-corrected chi connectivity index (χ2v) is 2.97. The van der Waals surface area contributed by atoms with Gasteiger partial charge in [0.1, 0.15) is 5.52 Å². The standard InChI is InChI=1S/C9H6N4O/c14-9-7-4-10-5-13(7)6-2-1-3-11-8(6)12-9/h1-5H,(H,11,12,14). The zero-order chi connectivity index (χ0) is 9.54. The molecule has 0 aliphatic rings. The van der Waals surface area contributed by atoms with Crippen LogP contribution in [0.5, 0.6) is 0 Å². The lowest BCUT2D eigenvalue weighted by atomic mass is 10.4. The SMILES string of the molecule is O=c1[nH]c2ncccc2n2cncc12. The molecule has 0 unspecified atom stereocenters. The van der Waals surface area contributed by atoms with Gasteiger partial charge in [0.2, 0.25) is 0 Å². The fourth-order valence-electron chi connectivity index (χ4n) is 1.51. The van der Waals surface area contributed by atoms with Gasteiger partial charge >= 0.3 is 0 Å². The molecular formula is C9H6N4O. The fraction of sp³-hybridized carbons (Fsp3) is 0. The van der Waals surface area contributed by atoms with Crippen LogP contribution in [0.1, 0.15) is 0 Å². The first-order chi connectivity index (χ1) is 6.86. The molecule has 3 rings (SSSR count). The van der Waals surface area contributed by atoms with Gasteiger partial charge in [0.05, 0.1) is 18.0 Å². The van der Waals surface area contributed by atoms with E-state index in [-0.39, 0.29) is 5.56 Å². The molecule has 3 aromatic rings. The summed E-state index contributed by atoms with van der Waals surface area (Å²) in [6, 6.07) is 3.70. The topological polar surface area (TPSA) is 63.0 Å². The number of fused-ring (bicyclic) bond motifs is 3. The molecule has 0 saturated heterocycles. The lowest BCUT2D eigenvalue weighted by Gasteiger charge is -1.98. The van der Waals surface area contributed by atoms with Gasteiger partial charge in [0.15, 0.2) is 5.65 Å². The molecule has 1 N–H and O–H groups in total. The van der Waals surface area contributed by atoms with Crippen molar-refractivity contribution in [2.24, 2.45) is 0 Å². The summed E-state index contributed by atoms with van der Waals surface area (Å²) in [4.78, 5) is 22.2. The summed E-state index contributed by atoms with van der Waals surface area (Å²) in [5.74, 6) is 0. The molecule has 0 radical (unpaired) electrons.